The largest absolute Gasteiger partial charge is 0.399 e. The highest BCUT2D eigenvalue weighted by Crippen LogP contribution is 2.28. The second-order valence-electron chi connectivity index (χ2n) is 3.31. The van der Waals surface area contributed by atoms with Crippen LogP contribution in [0.15, 0.2) is 18.2 Å². The second-order valence-corrected chi connectivity index (χ2v) is 3.71. The fourth-order valence-corrected chi connectivity index (χ4v) is 1.52. The molecule has 0 spiro atoms. The molecule has 0 aliphatic carbocycles. The Balaban J connectivity index is 2.89. The predicted molar refractivity (Wildman–Crippen MR) is 58.5 cm³/mol. The number of nitrogens with two attached hydrogens (primary N) is 1. The Morgan fingerprint density at radius 1 is 1.33 bits per heavy atom. The van der Waals surface area contributed by atoms with E-state index < -0.39 is 12.2 Å². The number of hydrogen-bond acceptors (Lipinski definition) is 4. The highest BCUT2D eigenvalue weighted by molar-refractivity contribution is 6.31. The number of halogens is 1. The molecule has 4 nitrogen and oxygen atoms in total. The summed E-state index contributed by atoms with van der Waals surface area (Å²) in [4.78, 5) is 0. The van der Waals surface area contributed by atoms with E-state index in [0.717, 1.165) is 0 Å². The zero-order chi connectivity index (χ0) is 11.4. The Kier molecular flexibility index (Phi) is 4.35. The van der Waals surface area contributed by atoms with Crippen LogP contribution >= 0.6 is 11.6 Å². The number of nitrogen functional groups attached to an aromatic ring is 1. The summed E-state index contributed by atoms with van der Waals surface area (Å²) in [6.07, 6.45) is -2.09. The van der Waals surface area contributed by atoms with Crippen molar-refractivity contribution in [3.63, 3.8) is 0 Å². The Labute approximate surface area is 92.9 Å². The first-order valence-electron chi connectivity index (χ1n) is 4.58. The average molecular weight is 232 g/mol. The molecule has 0 bridgehead atoms. The second kappa shape index (κ2) is 5.32. The van der Waals surface area contributed by atoms with E-state index >= 15 is 0 Å². The standard InChI is InChI=1S/C10H14ClNO3/c11-8-2-1-6(12)5-7(8)10(15)9(14)3-4-13/h1-2,5,9-10,13-15H,3-4,12H2. The Morgan fingerprint density at radius 2 is 2.00 bits per heavy atom. The molecule has 0 aliphatic rings. The predicted octanol–water partition coefficient (Wildman–Crippen LogP) is 0.699. The smallest absolute Gasteiger partial charge is 0.106 e. The minimum absolute atomic E-state index is 0.0896. The first kappa shape index (κ1) is 12.3. The highest BCUT2D eigenvalue weighted by atomic mass is 35.5. The lowest BCUT2D eigenvalue weighted by molar-refractivity contribution is 0.00430. The maximum absolute atomic E-state index is 9.72. The van der Waals surface area contributed by atoms with Crippen LogP contribution in [0.25, 0.3) is 0 Å². The molecule has 15 heavy (non-hydrogen) atoms. The number of aliphatic hydroxyl groups is 3. The summed E-state index contributed by atoms with van der Waals surface area (Å²) >= 11 is 5.85. The van der Waals surface area contributed by atoms with Crippen LogP contribution in [0, 0.1) is 0 Å². The molecule has 0 amide bonds. The van der Waals surface area contributed by atoms with Gasteiger partial charge < -0.3 is 21.1 Å². The van der Waals surface area contributed by atoms with Crippen LogP contribution in [-0.2, 0) is 0 Å². The van der Waals surface area contributed by atoms with Crippen molar-refractivity contribution >= 4 is 17.3 Å². The third-order valence-corrected chi connectivity index (χ3v) is 2.47. The average Bonchev–Trinajstić information content (AvgIpc) is 2.21. The zero-order valence-electron chi connectivity index (χ0n) is 8.10. The van der Waals surface area contributed by atoms with E-state index in [1.54, 1.807) is 12.1 Å². The van der Waals surface area contributed by atoms with Crippen LogP contribution in [0.1, 0.15) is 18.1 Å². The topological polar surface area (TPSA) is 86.7 Å². The van der Waals surface area contributed by atoms with E-state index in [1.807, 2.05) is 0 Å². The van der Waals surface area contributed by atoms with E-state index in [-0.39, 0.29) is 13.0 Å². The van der Waals surface area contributed by atoms with Crippen LogP contribution in [0.4, 0.5) is 5.69 Å². The Morgan fingerprint density at radius 3 is 2.60 bits per heavy atom. The van der Waals surface area contributed by atoms with Gasteiger partial charge in [0.2, 0.25) is 0 Å². The number of benzene rings is 1. The van der Waals surface area contributed by atoms with Crippen molar-refractivity contribution in [2.24, 2.45) is 0 Å². The van der Waals surface area contributed by atoms with Gasteiger partial charge in [-0.2, -0.15) is 0 Å². The Hall–Kier alpha value is -0.810. The molecule has 1 aromatic carbocycles. The van der Waals surface area contributed by atoms with Gasteiger partial charge in [-0.05, 0) is 24.6 Å². The fourth-order valence-electron chi connectivity index (χ4n) is 1.29. The molecular formula is C10H14ClNO3. The van der Waals surface area contributed by atoms with Crippen molar-refractivity contribution in [2.45, 2.75) is 18.6 Å². The third-order valence-electron chi connectivity index (χ3n) is 2.13. The molecular weight excluding hydrogens is 218 g/mol. The molecule has 84 valence electrons. The SMILES string of the molecule is Nc1ccc(Cl)c(C(O)C(O)CCO)c1. The van der Waals surface area contributed by atoms with Gasteiger partial charge in [0.15, 0.2) is 0 Å². The van der Waals surface area contributed by atoms with E-state index in [4.69, 9.17) is 22.4 Å². The minimum Gasteiger partial charge on any atom is -0.399 e. The van der Waals surface area contributed by atoms with Crippen LogP contribution in [-0.4, -0.2) is 28.0 Å². The maximum atomic E-state index is 9.72. The van der Waals surface area contributed by atoms with Crippen molar-refractivity contribution in [3.8, 4) is 0 Å². The van der Waals surface area contributed by atoms with Crippen molar-refractivity contribution in [1.82, 2.24) is 0 Å². The van der Waals surface area contributed by atoms with Gasteiger partial charge in [-0.3, -0.25) is 0 Å². The van der Waals surface area contributed by atoms with Gasteiger partial charge in [-0.15, -0.1) is 0 Å². The van der Waals surface area contributed by atoms with Crippen molar-refractivity contribution < 1.29 is 15.3 Å². The van der Waals surface area contributed by atoms with E-state index in [0.29, 0.717) is 16.3 Å². The molecule has 2 unspecified atom stereocenters. The molecule has 1 rings (SSSR count). The van der Waals surface area contributed by atoms with Gasteiger partial charge in [-0.1, -0.05) is 11.6 Å². The summed E-state index contributed by atoms with van der Waals surface area (Å²) in [7, 11) is 0. The van der Waals surface area contributed by atoms with Crippen LogP contribution in [0.5, 0.6) is 0 Å². The monoisotopic (exact) mass is 231 g/mol. The lowest BCUT2D eigenvalue weighted by Gasteiger charge is -2.18. The van der Waals surface area contributed by atoms with Crippen molar-refractivity contribution in [2.75, 3.05) is 12.3 Å². The zero-order valence-corrected chi connectivity index (χ0v) is 8.85. The van der Waals surface area contributed by atoms with Crippen LogP contribution in [0.2, 0.25) is 5.02 Å². The quantitative estimate of drug-likeness (QED) is 0.575. The van der Waals surface area contributed by atoms with Gasteiger partial charge in [-0.25, -0.2) is 0 Å². The molecule has 0 radical (unpaired) electrons. The highest BCUT2D eigenvalue weighted by Gasteiger charge is 2.20. The summed E-state index contributed by atoms with van der Waals surface area (Å²) in [6, 6.07) is 4.67. The molecule has 5 N–H and O–H groups in total. The lowest BCUT2D eigenvalue weighted by atomic mass is 10.0. The molecule has 0 heterocycles. The van der Waals surface area contributed by atoms with Gasteiger partial charge in [0.05, 0.1) is 6.10 Å². The summed E-state index contributed by atoms with van der Waals surface area (Å²) in [5, 5.41) is 28.2. The first-order chi connectivity index (χ1) is 7.06. The number of rotatable bonds is 4. The number of hydrogen-bond donors (Lipinski definition) is 4. The molecule has 5 heteroatoms. The first-order valence-corrected chi connectivity index (χ1v) is 4.96. The number of aliphatic hydroxyl groups excluding tert-OH is 3. The minimum atomic E-state index is -1.13. The fraction of sp³-hybridized carbons (Fsp3) is 0.400. The van der Waals surface area contributed by atoms with Gasteiger partial charge in [0, 0.05) is 22.9 Å². The summed E-state index contributed by atoms with van der Waals surface area (Å²) in [5.74, 6) is 0. The van der Waals surface area contributed by atoms with Gasteiger partial charge in [0.1, 0.15) is 6.10 Å². The van der Waals surface area contributed by atoms with E-state index in [1.165, 1.54) is 6.07 Å². The summed E-state index contributed by atoms with van der Waals surface area (Å²) < 4.78 is 0. The maximum Gasteiger partial charge on any atom is 0.106 e. The molecule has 0 saturated carbocycles. The molecule has 1 aromatic rings. The molecule has 0 saturated heterocycles. The third kappa shape index (κ3) is 3.07. The van der Waals surface area contributed by atoms with Crippen molar-refractivity contribution in [3.05, 3.63) is 28.8 Å². The van der Waals surface area contributed by atoms with Crippen LogP contribution < -0.4 is 5.73 Å². The van der Waals surface area contributed by atoms with E-state index in [2.05, 4.69) is 0 Å². The van der Waals surface area contributed by atoms with Crippen molar-refractivity contribution in [1.29, 1.82) is 0 Å². The molecule has 0 aromatic heterocycles. The molecule has 0 fully saturated rings. The van der Waals surface area contributed by atoms with Gasteiger partial charge >= 0.3 is 0 Å². The molecule has 2 atom stereocenters. The Bertz CT molecular complexity index is 332. The molecule has 0 aliphatic heterocycles. The van der Waals surface area contributed by atoms with E-state index in [9.17, 15) is 10.2 Å². The van der Waals surface area contributed by atoms with Crippen LogP contribution in [0.3, 0.4) is 0 Å². The normalized spacial score (nSPS) is 14.9. The summed E-state index contributed by atoms with van der Waals surface area (Å²) in [6.45, 7) is -0.196. The number of anilines is 1. The lowest BCUT2D eigenvalue weighted by Crippen LogP contribution is -2.19. The summed E-state index contributed by atoms with van der Waals surface area (Å²) in [5.41, 5.74) is 6.37. The van der Waals surface area contributed by atoms with Gasteiger partial charge in [0.25, 0.3) is 0 Å².